The number of nitro benzene ring substituents is 1. The van der Waals surface area contributed by atoms with Gasteiger partial charge in [0.1, 0.15) is 4.83 Å². The SMILES string of the molecule is Cc1nc2sc(-c3ccc([N+](=O)[O-])cc3)c(-n3cccc3)c2c(C)c1Cl. The van der Waals surface area contributed by atoms with Gasteiger partial charge < -0.3 is 4.57 Å². The maximum Gasteiger partial charge on any atom is 0.269 e. The van der Waals surface area contributed by atoms with Crippen molar-refractivity contribution < 1.29 is 4.92 Å². The van der Waals surface area contributed by atoms with Gasteiger partial charge in [-0.25, -0.2) is 4.98 Å². The van der Waals surface area contributed by atoms with E-state index in [1.165, 1.54) is 12.1 Å². The number of halogens is 1. The van der Waals surface area contributed by atoms with E-state index in [-0.39, 0.29) is 5.69 Å². The van der Waals surface area contributed by atoms with Gasteiger partial charge in [-0.2, -0.15) is 0 Å². The number of hydrogen-bond acceptors (Lipinski definition) is 4. The molecular formula is C19H14ClN3O2S. The zero-order valence-corrected chi connectivity index (χ0v) is 15.6. The molecule has 0 spiro atoms. The maximum atomic E-state index is 10.9. The largest absolute Gasteiger partial charge is 0.322 e. The molecule has 1 aromatic carbocycles. The molecule has 0 saturated heterocycles. The topological polar surface area (TPSA) is 61.0 Å². The number of non-ortho nitro benzene ring substituents is 1. The van der Waals surface area contributed by atoms with E-state index >= 15 is 0 Å². The van der Waals surface area contributed by atoms with E-state index in [4.69, 9.17) is 11.6 Å². The molecular weight excluding hydrogens is 370 g/mol. The first kappa shape index (κ1) is 16.8. The highest BCUT2D eigenvalue weighted by Gasteiger charge is 2.21. The number of pyridine rings is 1. The second-order valence-electron chi connectivity index (χ2n) is 5.99. The zero-order chi connectivity index (χ0) is 18.4. The van der Waals surface area contributed by atoms with Gasteiger partial charge in [0.25, 0.3) is 5.69 Å². The van der Waals surface area contributed by atoms with Crippen LogP contribution in [0.15, 0.2) is 48.8 Å². The van der Waals surface area contributed by atoms with E-state index in [9.17, 15) is 10.1 Å². The molecule has 5 nitrogen and oxygen atoms in total. The first-order chi connectivity index (χ1) is 12.5. The summed E-state index contributed by atoms with van der Waals surface area (Å²) in [7, 11) is 0. The van der Waals surface area contributed by atoms with Crippen molar-refractivity contribution >= 4 is 38.8 Å². The first-order valence-corrected chi connectivity index (χ1v) is 9.14. The quantitative estimate of drug-likeness (QED) is 0.325. The summed E-state index contributed by atoms with van der Waals surface area (Å²) in [5.74, 6) is 0. The van der Waals surface area contributed by atoms with Crippen molar-refractivity contribution in [3.8, 4) is 16.1 Å². The van der Waals surface area contributed by atoms with Crippen molar-refractivity contribution in [2.24, 2.45) is 0 Å². The fraction of sp³-hybridized carbons (Fsp3) is 0.105. The van der Waals surface area contributed by atoms with Crippen LogP contribution in [0.1, 0.15) is 11.3 Å². The molecule has 0 bridgehead atoms. The Bertz CT molecular complexity index is 1130. The molecule has 3 heterocycles. The Balaban J connectivity index is 2.04. The Labute approximate surface area is 158 Å². The average Bonchev–Trinajstić information content (AvgIpc) is 3.27. The zero-order valence-electron chi connectivity index (χ0n) is 14.1. The lowest BCUT2D eigenvalue weighted by Gasteiger charge is -2.09. The molecule has 4 aromatic rings. The fourth-order valence-corrected chi connectivity index (χ4v) is 4.49. The summed E-state index contributed by atoms with van der Waals surface area (Å²) in [6.45, 7) is 3.90. The fourth-order valence-electron chi connectivity index (χ4n) is 3.07. The maximum absolute atomic E-state index is 10.9. The molecule has 0 aliphatic heterocycles. The Kier molecular flexibility index (Phi) is 4.01. The van der Waals surface area contributed by atoms with Gasteiger partial charge in [0.15, 0.2) is 0 Å². The Hall–Kier alpha value is -2.70. The van der Waals surface area contributed by atoms with Crippen molar-refractivity contribution in [1.29, 1.82) is 0 Å². The van der Waals surface area contributed by atoms with Crippen LogP contribution < -0.4 is 0 Å². The summed E-state index contributed by atoms with van der Waals surface area (Å²) in [5, 5.41) is 12.6. The van der Waals surface area contributed by atoms with Crippen LogP contribution in [0.5, 0.6) is 0 Å². The molecule has 0 N–H and O–H groups in total. The van der Waals surface area contributed by atoms with Gasteiger partial charge in [0.2, 0.25) is 0 Å². The number of thiophene rings is 1. The number of rotatable bonds is 3. The Morgan fingerprint density at radius 3 is 2.42 bits per heavy atom. The lowest BCUT2D eigenvalue weighted by molar-refractivity contribution is -0.384. The molecule has 0 fully saturated rings. The van der Waals surface area contributed by atoms with Crippen molar-refractivity contribution in [2.75, 3.05) is 0 Å². The highest BCUT2D eigenvalue weighted by Crippen LogP contribution is 2.44. The minimum absolute atomic E-state index is 0.0746. The number of aromatic nitrogens is 2. The molecule has 0 atom stereocenters. The number of benzene rings is 1. The third-order valence-corrected chi connectivity index (χ3v) is 6.04. The van der Waals surface area contributed by atoms with Crippen LogP contribution in [-0.2, 0) is 0 Å². The average molecular weight is 384 g/mol. The monoisotopic (exact) mass is 383 g/mol. The number of fused-ring (bicyclic) bond motifs is 1. The normalized spacial score (nSPS) is 11.2. The number of nitrogens with zero attached hydrogens (tertiary/aromatic N) is 3. The second-order valence-corrected chi connectivity index (χ2v) is 7.37. The van der Waals surface area contributed by atoms with E-state index in [1.54, 1.807) is 23.5 Å². The van der Waals surface area contributed by atoms with E-state index < -0.39 is 4.92 Å². The summed E-state index contributed by atoms with van der Waals surface area (Å²) >= 11 is 8.02. The van der Waals surface area contributed by atoms with E-state index in [0.29, 0.717) is 5.02 Å². The third kappa shape index (κ3) is 2.58. The van der Waals surface area contributed by atoms with Gasteiger partial charge in [-0.15, -0.1) is 11.3 Å². The van der Waals surface area contributed by atoms with Gasteiger partial charge in [-0.3, -0.25) is 10.1 Å². The highest BCUT2D eigenvalue weighted by molar-refractivity contribution is 7.22. The number of hydrogen-bond donors (Lipinski definition) is 0. The van der Waals surface area contributed by atoms with Crippen molar-refractivity contribution in [2.45, 2.75) is 13.8 Å². The van der Waals surface area contributed by atoms with Crippen LogP contribution >= 0.6 is 22.9 Å². The minimum atomic E-state index is -0.392. The number of aryl methyl sites for hydroxylation is 2. The molecule has 130 valence electrons. The molecule has 0 aliphatic rings. The van der Waals surface area contributed by atoms with Gasteiger partial charge in [0.05, 0.1) is 26.2 Å². The summed E-state index contributed by atoms with van der Waals surface area (Å²) in [6, 6.07) is 10.5. The molecule has 0 amide bonds. The van der Waals surface area contributed by atoms with Crippen LogP contribution in [0, 0.1) is 24.0 Å². The van der Waals surface area contributed by atoms with Crippen LogP contribution in [0.4, 0.5) is 5.69 Å². The van der Waals surface area contributed by atoms with E-state index in [2.05, 4.69) is 4.98 Å². The summed E-state index contributed by atoms with van der Waals surface area (Å²) in [5.41, 5.74) is 3.77. The van der Waals surface area contributed by atoms with E-state index in [1.807, 2.05) is 42.9 Å². The molecule has 7 heteroatoms. The van der Waals surface area contributed by atoms with Gasteiger partial charge in [0, 0.05) is 29.9 Å². The molecule has 3 aromatic heterocycles. The van der Waals surface area contributed by atoms with Crippen LogP contribution in [0.25, 0.3) is 26.3 Å². The molecule has 0 saturated carbocycles. The predicted molar refractivity (Wildman–Crippen MR) is 106 cm³/mol. The predicted octanol–water partition coefficient (Wildman–Crippen LogP) is 5.93. The standard InChI is InChI=1S/C19H14ClN3O2S/c1-11-15-17(22-9-3-4-10-22)18(26-19(15)21-12(2)16(11)20)13-5-7-14(8-6-13)23(24)25/h3-10H,1-2H3. The summed E-state index contributed by atoms with van der Waals surface area (Å²) < 4.78 is 2.04. The third-order valence-electron chi connectivity index (χ3n) is 4.36. The molecule has 0 radical (unpaired) electrons. The van der Waals surface area contributed by atoms with Crippen LogP contribution in [0.2, 0.25) is 5.02 Å². The number of nitro groups is 1. The summed E-state index contributed by atoms with van der Waals surface area (Å²) in [4.78, 5) is 17.1. The highest BCUT2D eigenvalue weighted by atomic mass is 35.5. The minimum Gasteiger partial charge on any atom is -0.322 e. The van der Waals surface area contributed by atoms with E-state index in [0.717, 1.165) is 37.6 Å². The van der Waals surface area contributed by atoms with Gasteiger partial charge in [-0.1, -0.05) is 11.6 Å². The molecule has 26 heavy (non-hydrogen) atoms. The van der Waals surface area contributed by atoms with Gasteiger partial charge >= 0.3 is 0 Å². The van der Waals surface area contributed by atoms with Crippen molar-refractivity contribution in [3.63, 3.8) is 0 Å². The Morgan fingerprint density at radius 1 is 1.15 bits per heavy atom. The second kappa shape index (κ2) is 6.23. The lowest BCUT2D eigenvalue weighted by Crippen LogP contribution is -1.94. The summed E-state index contributed by atoms with van der Waals surface area (Å²) in [6.07, 6.45) is 3.95. The smallest absolute Gasteiger partial charge is 0.269 e. The van der Waals surface area contributed by atoms with Crippen molar-refractivity contribution in [1.82, 2.24) is 9.55 Å². The molecule has 4 rings (SSSR count). The Morgan fingerprint density at radius 2 is 1.81 bits per heavy atom. The molecule has 0 unspecified atom stereocenters. The van der Waals surface area contributed by atoms with Crippen LogP contribution in [-0.4, -0.2) is 14.5 Å². The van der Waals surface area contributed by atoms with Crippen molar-refractivity contribution in [3.05, 3.63) is 75.2 Å². The first-order valence-electron chi connectivity index (χ1n) is 7.94. The van der Waals surface area contributed by atoms with Crippen LogP contribution in [0.3, 0.4) is 0 Å². The molecule has 0 aliphatic carbocycles. The lowest BCUT2D eigenvalue weighted by atomic mass is 10.1. The van der Waals surface area contributed by atoms with Gasteiger partial charge in [-0.05, 0) is 49.2 Å².